The second-order valence-electron chi connectivity index (χ2n) is 4.59. The van der Waals surface area contributed by atoms with Crippen molar-refractivity contribution in [2.45, 2.75) is 13.5 Å². The van der Waals surface area contributed by atoms with Crippen LogP contribution >= 0.6 is 0 Å². The summed E-state index contributed by atoms with van der Waals surface area (Å²) in [5, 5.41) is 3.07. The topological polar surface area (TPSA) is 31.4 Å². The lowest BCUT2D eigenvalue weighted by Gasteiger charge is -2.35. The highest BCUT2D eigenvalue weighted by Gasteiger charge is 2.19. The number of pyridine rings is 1. The number of piperazine rings is 1. The van der Waals surface area contributed by atoms with Gasteiger partial charge in [-0.2, -0.15) is 0 Å². The van der Waals surface area contributed by atoms with E-state index in [1.807, 2.05) is 7.05 Å². The molecule has 1 aliphatic rings. The maximum absolute atomic E-state index is 13.2. The Labute approximate surface area is 108 Å². The van der Waals surface area contributed by atoms with Gasteiger partial charge >= 0.3 is 0 Å². The average molecular weight is 252 g/mol. The number of anilines is 1. The molecule has 2 rings (SSSR count). The normalized spacial score (nSPS) is 17.2. The third-order valence-electron chi connectivity index (χ3n) is 3.40. The summed E-state index contributed by atoms with van der Waals surface area (Å²) in [7, 11) is 1.86. The van der Waals surface area contributed by atoms with Crippen molar-refractivity contribution in [1.82, 2.24) is 15.2 Å². The highest BCUT2D eigenvalue weighted by atomic mass is 19.1. The lowest BCUT2D eigenvalue weighted by Crippen LogP contribution is -2.46. The summed E-state index contributed by atoms with van der Waals surface area (Å²) in [6.45, 7) is 7.94. The van der Waals surface area contributed by atoms with Crippen LogP contribution in [-0.2, 0) is 6.54 Å². The zero-order valence-corrected chi connectivity index (χ0v) is 11.1. The molecule has 0 aromatic carbocycles. The molecule has 2 heterocycles. The molecule has 1 saturated heterocycles. The number of aromatic nitrogens is 1. The summed E-state index contributed by atoms with van der Waals surface area (Å²) in [6.07, 6.45) is 1.31. The Morgan fingerprint density at radius 1 is 1.33 bits per heavy atom. The Bertz CT molecular complexity index is 389. The van der Waals surface area contributed by atoms with Gasteiger partial charge < -0.3 is 15.1 Å². The van der Waals surface area contributed by atoms with Crippen molar-refractivity contribution in [3.8, 4) is 0 Å². The Kier molecular flexibility index (Phi) is 4.49. The lowest BCUT2D eigenvalue weighted by atomic mass is 10.2. The van der Waals surface area contributed by atoms with Crippen LogP contribution in [0.1, 0.15) is 12.5 Å². The second-order valence-corrected chi connectivity index (χ2v) is 4.59. The zero-order chi connectivity index (χ0) is 13.0. The van der Waals surface area contributed by atoms with Gasteiger partial charge in [-0.25, -0.2) is 9.37 Å². The van der Waals surface area contributed by atoms with E-state index in [-0.39, 0.29) is 5.82 Å². The van der Waals surface area contributed by atoms with Crippen LogP contribution in [0.15, 0.2) is 12.3 Å². The molecule has 1 N–H and O–H groups in total. The van der Waals surface area contributed by atoms with E-state index in [4.69, 9.17) is 0 Å². The van der Waals surface area contributed by atoms with Crippen molar-refractivity contribution in [2.24, 2.45) is 0 Å². The molecule has 0 aliphatic carbocycles. The molecule has 0 amide bonds. The van der Waals surface area contributed by atoms with E-state index < -0.39 is 0 Å². The molecule has 0 bridgehead atoms. The van der Waals surface area contributed by atoms with Crippen LogP contribution in [0.25, 0.3) is 0 Å². The van der Waals surface area contributed by atoms with Gasteiger partial charge in [-0.15, -0.1) is 0 Å². The number of likely N-dealkylation sites (N-methyl/N-ethyl adjacent to an activating group) is 1. The van der Waals surface area contributed by atoms with E-state index in [2.05, 4.69) is 27.0 Å². The standard InChI is InChI=1S/C13H21FN4/c1-3-17-4-6-18(7-5-17)13-11(9-15-2)8-12(14)10-16-13/h8,10,15H,3-7,9H2,1-2H3. The molecule has 0 unspecified atom stereocenters. The Morgan fingerprint density at radius 2 is 2.06 bits per heavy atom. The molecule has 1 fully saturated rings. The minimum Gasteiger partial charge on any atom is -0.354 e. The Morgan fingerprint density at radius 3 is 2.67 bits per heavy atom. The molecule has 5 heteroatoms. The molecule has 1 aliphatic heterocycles. The molecule has 18 heavy (non-hydrogen) atoms. The largest absolute Gasteiger partial charge is 0.354 e. The van der Waals surface area contributed by atoms with Crippen LogP contribution in [-0.4, -0.2) is 49.7 Å². The van der Waals surface area contributed by atoms with E-state index in [1.165, 1.54) is 6.20 Å². The molecule has 0 radical (unpaired) electrons. The molecule has 1 aromatic heterocycles. The van der Waals surface area contributed by atoms with E-state index in [9.17, 15) is 4.39 Å². The molecule has 0 saturated carbocycles. The van der Waals surface area contributed by atoms with Crippen molar-refractivity contribution >= 4 is 5.82 Å². The fourth-order valence-electron chi connectivity index (χ4n) is 2.36. The van der Waals surface area contributed by atoms with Crippen LogP contribution in [0.2, 0.25) is 0 Å². The molecule has 100 valence electrons. The molecule has 1 aromatic rings. The van der Waals surface area contributed by atoms with Gasteiger partial charge in [0.25, 0.3) is 0 Å². The molecule has 0 atom stereocenters. The van der Waals surface area contributed by atoms with Gasteiger partial charge in [-0.3, -0.25) is 0 Å². The van der Waals surface area contributed by atoms with E-state index in [0.717, 1.165) is 44.1 Å². The highest BCUT2D eigenvalue weighted by molar-refractivity contribution is 5.47. The first kappa shape index (κ1) is 13.2. The van der Waals surface area contributed by atoms with Crippen molar-refractivity contribution < 1.29 is 4.39 Å². The number of halogens is 1. The predicted octanol–water partition coefficient (Wildman–Crippen LogP) is 1.08. The zero-order valence-electron chi connectivity index (χ0n) is 11.1. The highest BCUT2D eigenvalue weighted by Crippen LogP contribution is 2.20. The van der Waals surface area contributed by atoms with Gasteiger partial charge in [-0.1, -0.05) is 6.92 Å². The summed E-state index contributed by atoms with van der Waals surface area (Å²) >= 11 is 0. The van der Waals surface area contributed by atoms with Gasteiger partial charge in [0.1, 0.15) is 11.6 Å². The van der Waals surface area contributed by atoms with Crippen molar-refractivity contribution in [1.29, 1.82) is 0 Å². The third kappa shape index (κ3) is 2.97. The number of hydrogen-bond donors (Lipinski definition) is 1. The van der Waals surface area contributed by atoms with Crippen LogP contribution in [0, 0.1) is 5.82 Å². The van der Waals surface area contributed by atoms with Gasteiger partial charge in [-0.05, 0) is 19.7 Å². The van der Waals surface area contributed by atoms with Crippen LogP contribution in [0.5, 0.6) is 0 Å². The van der Waals surface area contributed by atoms with Gasteiger partial charge in [0, 0.05) is 38.3 Å². The van der Waals surface area contributed by atoms with Crippen LogP contribution < -0.4 is 10.2 Å². The van der Waals surface area contributed by atoms with Gasteiger partial charge in [0.2, 0.25) is 0 Å². The first-order valence-corrected chi connectivity index (χ1v) is 6.51. The maximum Gasteiger partial charge on any atom is 0.141 e. The van der Waals surface area contributed by atoms with E-state index in [0.29, 0.717) is 6.54 Å². The minimum atomic E-state index is -0.267. The van der Waals surface area contributed by atoms with Gasteiger partial charge in [0.15, 0.2) is 0 Å². The van der Waals surface area contributed by atoms with Crippen LogP contribution in [0.4, 0.5) is 10.2 Å². The lowest BCUT2D eigenvalue weighted by molar-refractivity contribution is 0.270. The summed E-state index contributed by atoms with van der Waals surface area (Å²) in [4.78, 5) is 8.93. The average Bonchev–Trinajstić information content (AvgIpc) is 2.40. The Hall–Kier alpha value is -1.20. The molecular formula is C13H21FN4. The van der Waals surface area contributed by atoms with E-state index in [1.54, 1.807) is 6.07 Å². The van der Waals surface area contributed by atoms with Gasteiger partial charge in [0.05, 0.1) is 6.20 Å². The molecule has 0 spiro atoms. The van der Waals surface area contributed by atoms with Crippen molar-refractivity contribution in [2.75, 3.05) is 44.7 Å². The first-order valence-electron chi connectivity index (χ1n) is 6.51. The number of hydrogen-bond acceptors (Lipinski definition) is 4. The third-order valence-corrected chi connectivity index (χ3v) is 3.40. The number of nitrogens with one attached hydrogen (secondary N) is 1. The second kappa shape index (κ2) is 6.11. The first-order chi connectivity index (χ1) is 8.74. The smallest absolute Gasteiger partial charge is 0.141 e. The molecular weight excluding hydrogens is 231 g/mol. The predicted molar refractivity (Wildman–Crippen MR) is 71.3 cm³/mol. The van der Waals surface area contributed by atoms with Crippen molar-refractivity contribution in [3.05, 3.63) is 23.6 Å². The molecule has 4 nitrogen and oxygen atoms in total. The van der Waals surface area contributed by atoms with E-state index >= 15 is 0 Å². The monoisotopic (exact) mass is 252 g/mol. The maximum atomic E-state index is 13.2. The number of rotatable bonds is 4. The minimum absolute atomic E-state index is 0.267. The summed E-state index contributed by atoms with van der Waals surface area (Å²) < 4.78 is 13.2. The van der Waals surface area contributed by atoms with Crippen LogP contribution in [0.3, 0.4) is 0 Å². The fourth-order valence-corrected chi connectivity index (χ4v) is 2.36. The quantitative estimate of drug-likeness (QED) is 0.869. The summed E-state index contributed by atoms with van der Waals surface area (Å²) in [5.41, 5.74) is 0.933. The summed E-state index contributed by atoms with van der Waals surface area (Å²) in [5.74, 6) is 0.651. The Balaban J connectivity index is 2.13. The summed E-state index contributed by atoms with van der Waals surface area (Å²) in [6, 6.07) is 1.57. The SMILES string of the molecule is CCN1CCN(c2ncc(F)cc2CNC)CC1. The fraction of sp³-hybridized carbons (Fsp3) is 0.615. The van der Waals surface area contributed by atoms with Crippen molar-refractivity contribution in [3.63, 3.8) is 0 Å². The number of nitrogens with zero attached hydrogens (tertiary/aromatic N) is 3.